The molecule has 1 aliphatic heterocycles. The summed E-state index contributed by atoms with van der Waals surface area (Å²) in [7, 11) is 0. The maximum absolute atomic E-state index is 3.61. The fraction of sp³-hybridized carbons (Fsp3) is 0.600. The summed E-state index contributed by atoms with van der Waals surface area (Å²) in [6.45, 7) is 8.21. The van der Waals surface area contributed by atoms with Gasteiger partial charge in [-0.05, 0) is 55.0 Å². The summed E-state index contributed by atoms with van der Waals surface area (Å²) in [4.78, 5) is 2.59. The summed E-state index contributed by atoms with van der Waals surface area (Å²) in [6, 6.07) is 6.84. The zero-order valence-electron chi connectivity index (χ0n) is 10.9. The molecule has 1 heterocycles. The second kappa shape index (κ2) is 6.01. The standard InChI is InChI=1S/C15H22BrN/c1-3-13-7-14(9-15(16)8-13)11-17-6-4-5-12(2)10-17/h7-9,12H,3-6,10-11H2,1-2H3/t12-/m0/s1. The van der Waals surface area contributed by atoms with Crippen LogP contribution in [0.1, 0.15) is 37.8 Å². The molecule has 1 fully saturated rings. The third-order valence-corrected chi connectivity index (χ3v) is 4.03. The number of likely N-dealkylation sites (tertiary alicyclic amines) is 1. The van der Waals surface area contributed by atoms with Gasteiger partial charge >= 0.3 is 0 Å². The molecule has 0 saturated carbocycles. The minimum atomic E-state index is 0.863. The topological polar surface area (TPSA) is 3.24 Å². The van der Waals surface area contributed by atoms with E-state index >= 15 is 0 Å². The number of hydrogen-bond donors (Lipinski definition) is 0. The second-order valence-electron chi connectivity index (χ2n) is 5.30. The number of benzene rings is 1. The maximum atomic E-state index is 3.61. The molecule has 0 amide bonds. The van der Waals surface area contributed by atoms with Gasteiger partial charge in [-0.3, -0.25) is 4.90 Å². The SMILES string of the molecule is CCc1cc(Br)cc(CN2CCC[C@H](C)C2)c1. The highest BCUT2D eigenvalue weighted by Crippen LogP contribution is 2.21. The van der Waals surface area contributed by atoms with Crippen molar-refractivity contribution >= 4 is 15.9 Å². The number of nitrogens with zero attached hydrogens (tertiary/aromatic N) is 1. The third-order valence-electron chi connectivity index (χ3n) is 3.57. The number of hydrogen-bond acceptors (Lipinski definition) is 1. The van der Waals surface area contributed by atoms with Crippen molar-refractivity contribution < 1.29 is 0 Å². The molecule has 1 aliphatic rings. The first-order valence-corrected chi connectivity index (χ1v) is 7.47. The Labute approximate surface area is 113 Å². The largest absolute Gasteiger partial charge is 0.299 e. The van der Waals surface area contributed by atoms with Gasteiger partial charge in [-0.15, -0.1) is 0 Å². The monoisotopic (exact) mass is 295 g/mol. The van der Waals surface area contributed by atoms with Crippen molar-refractivity contribution in [3.63, 3.8) is 0 Å². The lowest BCUT2D eigenvalue weighted by Crippen LogP contribution is -2.33. The third kappa shape index (κ3) is 3.82. The molecule has 2 heteroatoms. The number of piperidine rings is 1. The van der Waals surface area contributed by atoms with Crippen LogP contribution >= 0.6 is 15.9 Å². The Balaban J connectivity index is 2.04. The van der Waals surface area contributed by atoms with E-state index in [1.54, 1.807) is 0 Å². The van der Waals surface area contributed by atoms with Crippen molar-refractivity contribution in [1.29, 1.82) is 0 Å². The first-order chi connectivity index (χ1) is 8.17. The molecule has 0 unspecified atom stereocenters. The summed E-state index contributed by atoms with van der Waals surface area (Å²) in [6.07, 6.45) is 3.87. The van der Waals surface area contributed by atoms with E-state index in [-0.39, 0.29) is 0 Å². The Morgan fingerprint density at radius 2 is 2.06 bits per heavy atom. The molecule has 0 aliphatic carbocycles. The van der Waals surface area contributed by atoms with Crippen molar-refractivity contribution in [2.24, 2.45) is 5.92 Å². The van der Waals surface area contributed by atoms with Gasteiger partial charge in [0, 0.05) is 17.6 Å². The lowest BCUT2D eigenvalue weighted by molar-refractivity contribution is 0.176. The summed E-state index contributed by atoms with van der Waals surface area (Å²) < 4.78 is 1.22. The fourth-order valence-corrected chi connectivity index (χ4v) is 3.29. The van der Waals surface area contributed by atoms with Crippen LogP contribution in [0.3, 0.4) is 0 Å². The van der Waals surface area contributed by atoms with E-state index in [2.05, 4.69) is 52.9 Å². The van der Waals surface area contributed by atoms with Crippen LogP contribution in [0.5, 0.6) is 0 Å². The van der Waals surface area contributed by atoms with Gasteiger partial charge < -0.3 is 0 Å². The molecule has 17 heavy (non-hydrogen) atoms. The molecule has 0 N–H and O–H groups in total. The Hall–Kier alpha value is -0.340. The van der Waals surface area contributed by atoms with E-state index in [9.17, 15) is 0 Å². The molecule has 94 valence electrons. The van der Waals surface area contributed by atoms with Crippen molar-refractivity contribution in [2.45, 2.75) is 39.7 Å². The van der Waals surface area contributed by atoms with Crippen molar-refractivity contribution in [3.8, 4) is 0 Å². The summed E-state index contributed by atoms with van der Waals surface area (Å²) in [5.74, 6) is 0.863. The Morgan fingerprint density at radius 1 is 1.29 bits per heavy atom. The summed E-state index contributed by atoms with van der Waals surface area (Å²) in [5, 5.41) is 0. The lowest BCUT2D eigenvalue weighted by atomic mass is 9.99. The molecule has 0 aromatic heterocycles. The van der Waals surface area contributed by atoms with Gasteiger partial charge in [0.15, 0.2) is 0 Å². The zero-order valence-corrected chi connectivity index (χ0v) is 12.5. The van der Waals surface area contributed by atoms with Gasteiger partial charge in [0.05, 0.1) is 0 Å². The smallest absolute Gasteiger partial charge is 0.0234 e. The van der Waals surface area contributed by atoms with Gasteiger partial charge in [-0.25, -0.2) is 0 Å². The van der Waals surface area contributed by atoms with E-state index in [1.165, 1.54) is 41.5 Å². The van der Waals surface area contributed by atoms with Crippen LogP contribution in [-0.2, 0) is 13.0 Å². The molecular weight excluding hydrogens is 274 g/mol. The van der Waals surface area contributed by atoms with Gasteiger partial charge in [0.25, 0.3) is 0 Å². The van der Waals surface area contributed by atoms with Crippen LogP contribution < -0.4 is 0 Å². The van der Waals surface area contributed by atoms with E-state index < -0.39 is 0 Å². The Bertz CT molecular complexity index is 375. The molecule has 0 spiro atoms. The Kier molecular flexibility index (Phi) is 4.63. The molecule has 1 aromatic carbocycles. The van der Waals surface area contributed by atoms with Gasteiger partial charge in [-0.2, -0.15) is 0 Å². The highest BCUT2D eigenvalue weighted by atomic mass is 79.9. The predicted molar refractivity (Wildman–Crippen MR) is 77.2 cm³/mol. The van der Waals surface area contributed by atoms with Crippen LogP contribution in [0.15, 0.2) is 22.7 Å². The maximum Gasteiger partial charge on any atom is 0.0234 e. The molecule has 1 atom stereocenters. The van der Waals surface area contributed by atoms with Crippen LogP contribution in [0.25, 0.3) is 0 Å². The van der Waals surface area contributed by atoms with Crippen LogP contribution in [0, 0.1) is 5.92 Å². The molecule has 1 nitrogen and oxygen atoms in total. The number of rotatable bonds is 3. The first-order valence-electron chi connectivity index (χ1n) is 6.68. The minimum absolute atomic E-state index is 0.863. The quantitative estimate of drug-likeness (QED) is 0.806. The normalized spacial score (nSPS) is 21.7. The highest BCUT2D eigenvalue weighted by molar-refractivity contribution is 9.10. The number of halogens is 1. The van der Waals surface area contributed by atoms with Crippen molar-refractivity contribution in [3.05, 3.63) is 33.8 Å². The number of aryl methyl sites for hydroxylation is 1. The van der Waals surface area contributed by atoms with E-state index in [0.29, 0.717) is 0 Å². The van der Waals surface area contributed by atoms with E-state index in [0.717, 1.165) is 18.9 Å². The van der Waals surface area contributed by atoms with Gasteiger partial charge in [0.1, 0.15) is 0 Å². The Morgan fingerprint density at radius 3 is 2.76 bits per heavy atom. The predicted octanol–water partition coefficient (Wildman–Crippen LogP) is 4.24. The summed E-state index contributed by atoms with van der Waals surface area (Å²) >= 11 is 3.61. The zero-order chi connectivity index (χ0) is 12.3. The van der Waals surface area contributed by atoms with Crippen molar-refractivity contribution in [2.75, 3.05) is 13.1 Å². The molecular formula is C15H22BrN. The lowest BCUT2D eigenvalue weighted by Gasteiger charge is -2.31. The van der Waals surface area contributed by atoms with Crippen LogP contribution in [0.2, 0.25) is 0 Å². The molecule has 0 radical (unpaired) electrons. The van der Waals surface area contributed by atoms with Crippen molar-refractivity contribution in [1.82, 2.24) is 4.90 Å². The van der Waals surface area contributed by atoms with Gasteiger partial charge in [0.2, 0.25) is 0 Å². The molecule has 2 rings (SSSR count). The average Bonchev–Trinajstić information content (AvgIpc) is 2.28. The van der Waals surface area contributed by atoms with Crippen LogP contribution in [-0.4, -0.2) is 18.0 Å². The van der Waals surface area contributed by atoms with E-state index in [1.807, 2.05) is 0 Å². The molecule has 1 aromatic rings. The average molecular weight is 296 g/mol. The second-order valence-corrected chi connectivity index (χ2v) is 6.22. The fourth-order valence-electron chi connectivity index (χ4n) is 2.70. The van der Waals surface area contributed by atoms with E-state index in [4.69, 9.17) is 0 Å². The summed E-state index contributed by atoms with van der Waals surface area (Å²) in [5.41, 5.74) is 2.88. The minimum Gasteiger partial charge on any atom is -0.299 e. The molecule has 0 bridgehead atoms. The first kappa shape index (κ1) is 13.1. The van der Waals surface area contributed by atoms with Gasteiger partial charge in [-0.1, -0.05) is 35.8 Å². The highest BCUT2D eigenvalue weighted by Gasteiger charge is 2.16. The molecule has 1 saturated heterocycles. The van der Waals surface area contributed by atoms with Crippen LogP contribution in [0.4, 0.5) is 0 Å².